The number of rotatable bonds is 4. The molecule has 0 aliphatic carbocycles. The Morgan fingerprint density at radius 3 is 2.95 bits per heavy atom. The Morgan fingerprint density at radius 2 is 2.14 bits per heavy atom. The summed E-state index contributed by atoms with van der Waals surface area (Å²) >= 11 is 0. The maximum absolute atomic E-state index is 13.6. The predicted molar refractivity (Wildman–Crippen MR) is 80.3 cm³/mol. The summed E-state index contributed by atoms with van der Waals surface area (Å²) < 4.78 is 13.6. The van der Waals surface area contributed by atoms with Crippen LogP contribution in [0.4, 0.5) is 21.8 Å². The van der Waals surface area contributed by atoms with Gasteiger partial charge in [0.25, 0.3) is 0 Å². The van der Waals surface area contributed by atoms with Crippen LogP contribution in [0.3, 0.4) is 0 Å². The van der Waals surface area contributed by atoms with Crippen molar-refractivity contribution in [3.8, 4) is 0 Å². The van der Waals surface area contributed by atoms with Gasteiger partial charge in [-0.05, 0) is 26.0 Å². The van der Waals surface area contributed by atoms with Gasteiger partial charge in [-0.2, -0.15) is 10.1 Å². The molecule has 0 aliphatic rings. The lowest BCUT2D eigenvalue weighted by atomic mass is 10.2. The van der Waals surface area contributed by atoms with Crippen molar-refractivity contribution in [3.05, 3.63) is 35.9 Å². The number of nitrogens with zero attached hydrogens (tertiary/aromatic N) is 3. The molecule has 0 atom stereocenters. The number of nitrogens with one attached hydrogen (secondary N) is 3. The van der Waals surface area contributed by atoms with E-state index in [1.165, 1.54) is 6.07 Å². The molecule has 2 aromatic heterocycles. The maximum Gasteiger partial charge on any atom is 0.224 e. The highest BCUT2D eigenvalue weighted by Gasteiger charge is 2.10. The summed E-state index contributed by atoms with van der Waals surface area (Å²) in [7, 11) is 0. The molecule has 0 spiro atoms. The number of hydrogen-bond donors (Lipinski definition) is 3. The van der Waals surface area contributed by atoms with E-state index in [-0.39, 0.29) is 5.82 Å². The third-order valence-corrected chi connectivity index (χ3v) is 3.12. The number of aromatic amines is 1. The molecule has 0 aliphatic heterocycles. The smallest absolute Gasteiger partial charge is 0.224 e. The largest absolute Gasteiger partial charge is 0.354 e. The van der Waals surface area contributed by atoms with E-state index >= 15 is 0 Å². The van der Waals surface area contributed by atoms with E-state index in [1.54, 1.807) is 18.5 Å². The van der Waals surface area contributed by atoms with Crippen LogP contribution in [0.2, 0.25) is 0 Å². The summed E-state index contributed by atoms with van der Waals surface area (Å²) in [5.74, 6) is 0.895. The van der Waals surface area contributed by atoms with Crippen LogP contribution in [0.25, 0.3) is 10.9 Å². The number of hydrogen-bond acceptors (Lipinski definition) is 5. The molecular weight excluding hydrogens is 271 g/mol. The van der Waals surface area contributed by atoms with E-state index in [2.05, 4.69) is 30.8 Å². The van der Waals surface area contributed by atoms with Gasteiger partial charge in [0.2, 0.25) is 5.95 Å². The zero-order valence-corrected chi connectivity index (χ0v) is 11.7. The third kappa shape index (κ3) is 2.49. The molecule has 3 N–H and O–H groups in total. The molecule has 6 nitrogen and oxygen atoms in total. The Hall–Kier alpha value is -2.70. The molecule has 0 radical (unpaired) electrons. The second-order valence-electron chi connectivity index (χ2n) is 4.63. The highest BCUT2D eigenvalue weighted by atomic mass is 19.1. The summed E-state index contributed by atoms with van der Waals surface area (Å²) in [5, 5.41) is 13.5. The number of halogens is 1. The average Bonchev–Trinajstić information content (AvgIpc) is 2.96. The number of aryl methyl sites for hydroxylation is 1. The van der Waals surface area contributed by atoms with Crippen molar-refractivity contribution in [1.29, 1.82) is 0 Å². The van der Waals surface area contributed by atoms with Crippen LogP contribution in [-0.2, 0) is 0 Å². The minimum Gasteiger partial charge on any atom is -0.354 e. The number of aromatic nitrogens is 4. The maximum atomic E-state index is 13.6. The highest BCUT2D eigenvalue weighted by Crippen LogP contribution is 2.27. The Labute approximate surface area is 120 Å². The summed E-state index contributed by atoms with van der Waals surface area (Å²) in [6.07, 6.45) is 3.33. The van der Waals surface area contributed by atoms with Gasteiger partial charge in [-0.3, -0.25) is 5.10 Å². The quantitative estimate of drug-likeness (QED) is 0.687. The molecule has 2 heterocycles. The first-order chi connectivity index (χ1) is 10.2. The Morgan fingerprint density at radius 1 is 1.29 bits per heavy atom. The lowest BCUT2D eigenvalue weighted by molar-refractivity contribution is 0.636. The van der Waals surface area contributed by atoms with Gasteiger partial charge < -0.3 is 10.6 Å². The van der Waals surface area contributed by atoms with Gasteiger partial charge >= 0.3 is 0 Å². The first-order valence-electron chi connectivity index (χ1n) is 6.65. The van der Waals surface area contributed by atoms with E-state index in [1.807, 2.05) is 13.8 Å². The Kier molecular flexibility index (Phi) is 3.39. The van der Waals surface area contributed by atoms with Crippen LogP contribution in [0.1, 0.15) is 12.5 Å². The molecule has 0 saturated heterocycles. The van der Waals surface area contributed by atoms with Crippen LogP contribution >= 0.6 is 0 Å². The molecule has 3 rings (SSSR count). The van der Waals surface area contributed by atoms with Gasteiger partial charge in [0.15, 0.2) is 0 Å². The lowest BCUT2D eigenvalue weighted by Gasteiger charge is -2.11. The SMILES string of the molecule is CCNc1ncc(C)c(Nc2ccc(F)c3[nH]ncc23)n1. The van der Waals surface area contributed by atoms with Crippen molar-refractivity contribution < 1.29 is 4.39 Å². The van der Waals surface area contributed by atoms with E-state index in [4.69, 9.17) is 0 Å². The fourth-order valence-electron chi connectivity index (χ4n) is 2.05. The molecule has 108 valence electrons. The van der Waals surface area contributed by atoms with Crippen molar-refractivity contribution in [2.75, 3.05) is 17.2 Å². The molecular formula is C14H15FN6. The van der Waals surface area contributed by atoms with Gasteiger partial charge in [0.05, 0.1) is 11.9 Å². The number of fused-ring (bicyclic) bond motifs is 1. The number of benzene rings is 1. The van der Waals surface area contributed by atoms with E-state index < -0.39 is 0 Å². The first kappa shape index (κ1) is 13.3. The van der Waals surface area contributed by atoms with Gasteiger partial charge in [0.1, 0.15) is 17.2 Å². The van der Waals surface area contributed by atoms with Crippen LogP contribution in [0.5, 0.6) is 0 Å². The van der Waals surface area contributed by atoms with Crippen molar-refractivity contribution in [2.45, 2.75) is 13.8 Å². The molecule has 0 amide bonds. The van der Waals surface area contributed by atoms with Crippen molar-refractivity contribution >= 4 is 28.4 Å². The molecule has 1 aromatic carbocycles. The minimum absolute atomic E-state index is 0.333. The lowest BCUT2D eigenvalue weighted by Crippen LogP contribution is -2.05. The topological polar surface area (TPSA) is 78.5 Å². The number of H-pyrrole nitrogens is 1. The minimum atomic E-state index is -0.333. The van der Waals surface area contributed by atoms with Gasteiger partial charge in [-0.25, -0.2) is 9.37 Å². The third-order valence-electron chi connectivity index (χ3n) is 3.12. The first-order valence-corrected chi connectivity index (χ1v) is 6.65. The fourth-order valence-corrected chi connectivity index (χ4v) is 2.05. The van der Waals surface area contributed by atoms with Crippen LogP contribution in [0.15, 0.2) is 24.5 Å². The summed E-state index contributed by atoms with van der Waals surface area (Å²) in [5.41, 5.74) is 2.01. The van der Waals surface area contributed by atoms with Crippen molar-refractivity contribution in [2.24, 2.45) is 0 Å². The highest BCUT2D eigenvalue weighted by molar-refractivity contribution is 5.93. The van der Waals surface area contributed by atoms with Crippen LogP contribution < -0.4 is 10.6 Å². The van der Waals surface area contributed by atoms with E-state index in [0.717, 1.165) is 17.8 Å². The average molecular weight is 286 g/mol. The van der Waals surface area contributed by atoms with Crippen molar-refractivity contribution in [3.63, 3.8) is 0 Å². The second-order valence-corrected chi connectivity index (χ2v) is 4.63. The monoisotopic (exact) mass is 286 g/mol. The predicted octanol–water partition coefficient (Wildman–Crippen LogP) is 2.98. The summed E-state index contributed by atoms with van der Waals surface area (Å²) in [4.78, 5) is 8.61. The molecule has 3 aromatic rings. The van der Waals surface area contributed by atoms with Crippen molar-refractivity contribution in [1.82, 2.24) is 20.2 Å². The molecule has 0 fully saturated rings. The van der Waals surface area contributed by atoms with Crippen LogP contribution in [-0.4, -0.2) is 26.7 Å². The zero-order valence-electron chi connectivity index (χ0n) is 11.7. The fraction of sp³-hybridized carbons (Fsp3) is 0.214. The summed E-state index contributed by atoms with van der Waals surface area (Å²) in [6, 6.07) is 3.06. The molecule has 0 saturated carbocycles. The van der Waals surface area contributed by atoms with E-state index in [0.29, 0.717) is 22.7 Å². The van der Waals surface area contributed by atoms with E-state index in [9.17, 15) is 4.39 Å². The van der Waals surface area contributed by atoms with Gasteiger partial charge in [-0.15, -0.1) is 0 Å². The zero-order chi connectivity index (χ0) is 14.8. The second kappa shape index (κ2) is 5.35. The normalized spacial score (nSPS) is 10.8. The van der Waals surface area contributed by atoms with Gasteiger partial charge in [-0.1, -0.05) is 0 Å². The molecule has 0 unspecified atom stereocenters. The molecule has 21 heavy (non-hydrogen) atoms. The molecule has 7 heteroatoms. The standard InChI is InChI=1S/C14H15FN6/c1-3-16-14-17-6-8(2)13(20-14)19-11-5-4-10(15)12-9(11)7-18-21-12/h4-7H,3H2,1-2H3,(H,18,21)(H2,16,17,19,20). The molecule has 0 bridgehead atoms. The Bertz CT molecular complexity index is 782. The number of anilines is 3. The van der Waals surface area contributed by atoms with Crippen LogP contribution in [0, 0.1) is 12.7 Å². The Balaban J connectivity index is 2.00. The van der Waals surface area contributed by atoms with Gasteiger partial charge in [0, 0.05) is 23.7 Å². The summed E-state index contributed by atoms with van der Waals surface area (Å²) in [6.45, 7) is 4.63.